The molecule has 0 spiro atoms. The van der Waals surface area contributed by atoms with Gasteiger partial charge in [-0.1, -0.05) is 6.07 Å². The van der Waals surface area contributed by atoms with Gasteiger partial charge in [0, 0.05) is 42.1 Å². The summed E-state index contributed by atoms with van der Waals surface area (Å²) < 4.78 is 5.31. The van der Waals surface area contributed by atoms with Gasteiger partial charge in [-0.25, -0.2) is 9.97 Å². The predicted molar refractivity (Wildman–Crippen MR) is 108 cm³/mol. The van der Waals surface area contributed by atoms with Crippen LogP contribution in [0.25, 0.3) is 11.0 Å². The van der Waals surface area contributed by atoms with Crippen molar-refractivity contribution >= 4 is 28.3 Å². The molecule has 0 radical (unpaired) electrons. The number of amides is 1. The fourth-order valence-corrected chi connectivity index (χ4v) is 3.00. The molecule has 0 saturated heterocycles. The van der Waals surface area contributed by atoms with E-state index in [1.807, 2.05) is 57.2 Å². The third-order valence-corrected chi connectivity index (χ3v) is 4.49. The summed E-state index contributed by atoms with van der Waals surface area (Å²) in [4.78, 5) is 23.8. The van der Waals surface area contributed by atoms with Crippen LogP contribution in [0.3, 0.4) is 0 Å². The lowest BCUT2D eigenvalue weighted by molar-refractivity contribution is 0.0774. The number of fused-ring (bicyclic) bond motifs is 1. The molecule has 3 rings (SSSR count). The number of nitrogens with zero attached hydrogens (tertiary/aromatic N) is 3. The monoisotopic (exact) mass is 364 g/mol. The van der Waals surface area contributed by atoms with Crippen LogP contribution >= 0.6 is 0 Å². The SMILES string of the molecule is CCN(CC)C(=O)c1cnc2nc(C)ccc2c1Nc1cccc(OC)c1. The van der Waals surface area contributed by atoms with Crippen LogP contribution in [0.15, 0.2) is 42.6 Å². The highest BCUT2D eigenvalue weighted by molar-refractivity contribution is 6.07. The topological polar surface area (TPSA) is 67.4 Å². The van der Waals surface area contributed by atoms with Crippen LogP contribution in [0, 0.1) is 6.92 Å². The smallest absolute Gasteiger partial charge is 0.257 e. The lowest BCUT2D eigenvalue weighted by Gasteiger charge is -2.21. The maximum absolute atomic E-state index is 13.1. The highest BCUT2D eigenvalue weighted by Crippen LogP contribution is 2.30. The van der Waals surface area contributed by atoms with E-state index >= 15 is 0 Å². The molecular weight excluding hydrogens is 340 g/mol. The quantitative estimate of drug-likeness (QED) is 0.711. The summed E-state index contributed by atoms with van der Waals surface area (Å²) in [6, 6.07) is 11.5. The first-order valence-electron chi connectivity index (χ1n) is 9.04. The van der Waals surface area contributed by atoms with Crippen molar-refractivity contribution in [2.24, 2.45) is 0 Å². The van der Waals surface area contributed by atoms with E-state index < -0.39 is 0 Å². The molecule has 1 amide bonds. The van der Waals surface area contributed by atoms with Gasteiger partial charge in [0.25, 0.3) is 5.91 Å². The van der Waals surface area contributed by atoms with Crippen molar-refractivity contribution in [2.45, 2.75) is 20.8 Å². The van der Waals surface area contributed by atoms with E-state index in [1.54, 1.807) is 18.2 Å². The number of ether oxygens (including phenoxy) is 1. The van der Waals surface area contributed by atoms with Gasteiger partial charge in [-0.05, 0) is 45.0 Å². The molecule has 6 heteroatoms. The normalized spacial score (nSPS) is 10.7. The maximum atomic E-state index is 13.1. The van der Waals surface area contributed by atoms with Crippen LogP contribution in [0.4, 0.5) is 11.4 Å². The average molecular weight is 364 g/mol. The zero-order valence-corrected chi connectivity index (χ0v) is 16.1. The highest BCUT2D eigenvalue weighted by Gasteiger charge is 2.20. The molecular formula is C21H24N4O2. The molecule has 0 atom stereocenters. The standard InChI is InChI=1S/C21H24N4O2/c1-5-25(6-2)21(26)18-13-22-20-17(11-10-14(3)23-20)19(18)24-15-8-7-9-16(12-15)27-4/h7-13H,5-6H2,1-4H3,(H,22,23,24). The van der Waals surface area contributed by atoms with Crippen molar-refractivity contribution in [2.75, 3.05) is 25.5 Å². The van der Waals surface area contributed by atoms with Gasteiger partial charge in [-0.15, -0.1) is 0 Å². The second-order valence-electron chi connectivity index (χ2n) is 6.21. The van der Waals surface area contributed by atoms with Gasteiger partial charge in [0.1, 0.15) is 5.75 Å². The number of nitrogens with one attached hydrogen (secondary N) is 1. The Balaban J connectivity index is 2.16. The Bertz CT molecular complexity index is 968. The number of anilines is 2. The van der Waals surface area contributed by atoms with Crippen molar-refractivity contribution < 1.29 is 9.53 Å². The minimum atomic E-state index is -0.0552. The molecule has 140 valence electrons. The summed E-state index contributed by atoms with van der Waals surface area (Å²) >= 11 is 0. The fraction of sp³-hybridized carbons (Fsp3) is 0.286. The molecule has 0 bridgehead atoms. The molecule has 27 heavy (non-hydrogen) atoms. The highest BCUT2D eigenvalue weighted by atomic mass is 16.5. The molecule has 6 nitrogen and oxygen atoms in total. The van der Waals surface area contributed by atoms with Crippen LogP contribution < -0.4 is 10.1 Å². The number of aryl methyl sites for hydroxylation is 1. The number of pyridine rings is 2. The van der Waals surface area contributed by atoms with Crippen LogP contribution in [0.5, 0.6) is 5.75 Å². The maximum Gasteiger partial charge on any atom is 0.257 e. The number of hydrogen-bond acceptors (Lipinski definition) is 5. The number of carbonyl (C=O) groups excluding carboxylic acids is 1. The van der Waals surface area contributed by atoms with Gasteiger partial charge in [-0.2, -0.15) is 0 Å². The van der Waals surface area contributed by atoms with Gasteiger partial charge in [0.15, 0.2) is 5.65 Å². The number of methoxy groups -OCH3 is 1. The molecule has 0 aliphatic heterocycles. The van der Waals surface area contributed by atoms with Gasteiger partial charge < -0.3 is 15.0 Å². The lowest BCUT2D eigenvalue weighted by atomic mass is 10.1. The zero-order valence-electron chi connectivity index (χ0n) is 16.1. The second kappa shape index (κ2) is 8.03. The molecule has 0 aliphatic carbocycles. The van der Waals surface area contributed by atoms with E-state index in [4.69, 9.17) is 4.74 Å². The lowest BCUT2D eigenvalue weighted by Crippen LogP contribution is -2.31. The first-order chi connectivity index (χ1) is 13.1. The number of rotatable bonds is 6. The van der Waals surface area contributed by atoms with E-state index in [9.17, 15) is 4.79 Å². The van der Waals surface area contributed by atoms with Crippen LogP contribution in [0.1, 0.15) is 29.9 Å². The fourth-order valence-electron chi connectivity index (χ4n) is 3.00. The number of aromatic nitrogens is 2. The molecule has 0 unspecified atom stereocenters. The molecule has 3 aromatic rings. The molecule has 0 aliphatic rings. The molecule has 2 heterocycles. The summed E-state index contributed by atoms with van der Waals surface area (Å²) in [5.41, 5.74) is 3.55. The summed E-state index contributed by atoms with van der Waals surface area (Å²) in [6.45, 7) is 7.13. The second-order valence-corrected chi connectivity index (χ2v) is 6.21. The Labute approximate surface area is 159 Å². The Kier molecular flexibility index (Phi) is 5.54. The van der Waals surface area contributed by atoms with Crippen LogP contribution in [0.2, 0.25) is 0 Å². The number of carbonyl (C=O) groups is 1. The Hall–Kier alpha value is -3.15. The summed E-state index contributed by atoms with van der Waals surface area (Å²) in [5, 5.41) is 4.19. The largest absolute Gasteiger partial charge is 0.497 e. The first-order valence-corrected chi connectivity index (χ1v) is 9.04. The number of hydrogen-bond donors (Lipinski definition) is 1. The van der Waals surface area contributed by atoms with Crippen molar-refractivity contribution in [1.82, 2.24) is 14.9 Å². The van der Waals surface area contributed by atoms with Crippen molar-refractivity contribution in [3.63, 3.8) is 0 Å². The van der Waals surface area contributed by atoms with Crippen molar-refractivity contribution in [1.29, 1.82) is 0 Å². The van der Waals surface area contributed by atoms with E-state index in [0.29, 0.717) is 30.0 Å². The van der Waals surface area contributed by atoms with Crippen LogP contribution in [-0.2, 0) is 0 Å². The molecule has 2 aromatic heterocycles. The van der Waals surface area contributed by atoms with E-state index in [0.717, 1.165) is 22.5 Å². The summed E-state index contributed by atoms with van der Waals surface area (Å²) in [7, 11) is 1.63. The van der Waals surface area contributed by atoms with E-state index in [-0.39, 0.29) is 5.91 Å². The van der Waals surface area contributed by atoms with E-state index in [1.165, 1.54) is 0 Å². The Morgan fingerprint density at radius 3 is 2.67 bits per heavy atom. The predicted octanol–water partition coefficient (Wildman–Crippen LogP) is 4.17. The van der Waals surface area contributed by atoms with Crippen molar-refractivity contribution in [3.8, 4) is 5.75 Å². The Morgan fingerprint density at radius 1 is 1.19 bits per heavy atom. The molecule has 1 N–H and O–H groups in total. The molecule has 0 saturated carbocycles. The van der Waals surface area contributed by atoms with E-state index in [2.05, 4.69) is 15.3 Å². The van der Waals surface area contributed by atoms with Gasteiger partial charge in [0.2, 0.25) is 0 Å². The molecule has 1 aromatic carbocycles. The van der Waals surface area contributed by atoms with Crippen molar-refractivity contribution in [3.05, 3.63) is 53.9 Å². The number of benzene rings is 1. The van der Waals surface area contributed by atoms with Gasteiger partial charge >= 0.3 is 0 Å². The minimum absolute atomic E-state index is 0.0552. The van der Waals surface area contributed by atoms with Gasteiger partial charge in [0.05, 0.1) is 18.4 Å². The minimum Gasteiger partial charge on any atom is -0.497 e. The van der Waals surface area contributed by atoms with Gasteiger partial charge in [-0.3, -0.25) is 4.79 Å². The third kappa shape index (κ3) is 3.84. The average Bonchev–Trinajstić information content (AvgIpc) is 2.69. The Morgan fingerprint density at radius 2 is 1.96 bits per heavy atom. The first kappa shape index (κ1) is 18.6. The molecule has 0 fully saturated rings. The van der Waals surface area contributed by atoms with Crippen LogP contribution in [-0.4, -0.2) is 41.0 Å². The third-order valence-electron chi connectivity index (χ3n) is 4.49. The summed E-state index contributed by atoms with van der Waals surface area (Å²) in [6.07, 6.45) is 1.61. The zero-order chi connectivity index (χ0) is 19.4. The summed E-state index contributed by atoms with van der Waals surface area (Å²) in [5.74, 6) is 0.685.